The van der Waals surface area contributed by atoms with Crippen molar-refractivity contribution in [2.75, 3.05) is 0 Å². The molecule has 4 heteroatoms. The molecule has 0 fully saturated rings. The van der Waals surface area contributed by atoms with E-state index in [9.17, 15) is 4.79 Å². The summed E-state index contributed by atoms with van der Waals surface area (Å²) in [6.07, 6.45) is 1.78. The maximum absolute atomic E-state index is 12.1. The van der Waals surface area contributed by atoms with E-state index in [2.05, 4.69) is 48.5 Å². The zero-order valence-corrected chi connectivity index (χ0v) is 19.6. The number of ether oxygens (including phenoxy) is 1. The Morgan fingerprint density at radius 2 is 1.44 bits per heavy atom. The summed E-state index contributed by atoms with van der Waals surface area (Å²) in [4.78, 5) is 12.1. The molecule has 0 heterocycles. The van der Waals surface area contributed by atoms with E-state index in [0.29, 0.717) is 24.2 Å². The molecular formula is C21H44O3Si. The fraction of sp³-hybridized carbons (Fsp3) is 0.952. The van der Waals surface area contributed by atoms with E-state index in [-0.39, 0.29) is 12.1 Å². The van der Waals surface area contributed by atoms with Gasteiger partial charge in [0, 0.05) is 12.5 Å². The van der Waals surface area contributed by atoms with Gasteiger partial charge < -0.3 is 9.16 Å². The lowest BCUT2D eigenvalue weighted by molar-refractivity contribution is -0.156. The van der Waals surface area contributed by atoms with Gasteiger partial charge in [-0.25, -0.2) is 0 Å². The summed E-state index contributed by atoms with van der Waals surface area (Å²) in [6.45, 7) is 21.6. The second-order valence-electron chi connectivity index (χ2n) is 9.18. The van der Waals surface area contributed by atoms with Crippen molar-refractivity contribution in [3.05, 3.63) is 0 Å². The summed E-state index contributed by atoms with van der Waals surface area (Å²) in [5.41, 5.74) is -0.402. The van der Waals surface area contributed by atoms with Crippen LogP contribution in [0.4, 0.5) is 0 Å². The predicted molar refractivity (Wildman–Crippen MR) is 110 cm³/mol. The molecule has 0 radical (unpaired) electrons. The molecule has 0 aliphatic carbocycles. The number of carbonyl (C=O) groups excluding carboxylic acids is 1. The van der Waals surface area contributed by atoms with Gasteiger partial charge in [-0.1, -0.05) is 48.5 Å². The highest BCUT2D eigenvalue weighted by atomic mass is 28.4. The van der Waals surface area contributed by atoms with Crippen molar-refractivity contribution in [3.63, 3.8) is 0 Å². The Morgan fingerprint density at radius 3 is 1.80 bits per heavy atom. The fourth-order valence-electron chi connectivity index (χ4n) is 3.72. The molecule has 0 aromatic rings. The average molecular weight is 373 g/mol. The van der Waals surface area contributed by atoms with Crippen LogP contribution in [0.15, 0.2) is 0 Å². The molecule has 0 aliphatic rings. The fourth-order valence-corrected chi connectivity index (χ4v) is 6.80. The summed E-state index contributed by atoms with van der Waals surface area (Å²) in [6, 6.07) is 3.55. The van der Waals surface area contributed by atoms with Gasteiger partial charge in [-0.3, -0.25) is 4.79 Å². The topological polar surface area (TPSA) is 35.5 Å². The maximum atomic E-state index is 12.1. The van der Waals surface area contributed by atoms with Crippen molar-refractivity contribution in [2.45, 2.75) is 112 Å². The van der Waals surface area contributed by atoms with Gasteiger partial charge in [0.25, 0.3) is 0 Å². The Hall–Kier alpha value is -0.353. The van der Waals surface area contributed by atoms with Crippen LogP contribution in [0.3, 0.4) is 0 Å². The first-order chi connectivity index (χ1) is 11.4. The smallest absolute Gasteiger partial charge is 0.306 e. The van der Waals surface area contributed by atoms with Gasteiger partial charge >= 0.3 is 5.97 Å². The first-order valence-corrected chi connectivity index (χ1v) is 12.8. The molecular weight excluding hydrogens is 328 g/mol. The molecule has 0 aliphatic heterocycles. The highest BCUT2D eigenvalue weighted by Crippen LogP contribution is 2.32. The molecule has 3 atom stereocenters. The molecule has 150 valence electrons. The second kappa shape index (κ2) is 10.7. The number of esters is 1. The zero-order chi connectivity index (χ0) is 19.8. The van der Waals surface area contributed by atoms with Crippen LogP contribution in [0, 0.1) is 17.8 Å². The summed E-state index contributed by atoms with van der Waals surface area (Å²) < 4.78 is 12.3. The highest BCUT2D eigenvalue weighted by molar-refractivity contribution is 6.73. The van der Waals surface area contributed by atoms with Crippen LogP contribution >= 0.6 is 0 Å². The number of hydrogen-bond donors (Lipinski definition) is 0. The van der Waals surface area contributed by atoms with E-state index in [0.717, 1.165) is 6.42 Å². The summed E-state index contributed by atoms with van der Waals surface area (Å²) >= 11 is 0. The standard InChI is InChI=1S/C21H44O3Si/c1-11-25(12-2,13-3)24-20(16(4)5)18(7)14-17(6)15-19(22)23-21(8,9)10/h16-18,20H,11-15H2,1-10H3/t17-,18+,20-/m1/s1. The molecule has 0 bridgehead atoms. The van der Waals surface area contributed by atoms with Crippen LogP contribution < -0.4 is 0 Å². The molecule has 0 saturated carbocycles. The van der Waals surface area contributed by atoms with E-state index in [1.54, 1.807) is 0 Å². The van der Waals surface area contributed by atoms with E-state index in [4.69, 9.17) is 9.16 Å². The summed E-state index contributed by atoms with van der Waals surface area (Å²) in [7, 11) is -1.61. The van der Waals surface area contributed by atoms with E-state index in [1.165, 1.54) is 18.1 Å². The Labute approximate surface area is 158 Å². The molecule has 0 unspecified atom stereocenters. The third kappa shape index (κ3) is 9.23. The third-order valence-electron chi connectivity index (χ3n) is 5.25. The molecule has 0 saturated heterocycles. The lowest BCUT2D eigenvalue weighted by Gasteiger charge is -2.39. The Bertz CT molecular complexity index is 375. The molecule has 0 rings (SSSR count). The SMILES string of the molecule is CC[Si](CC)(CC)O[C@H](C(C)C)[C@@H](C)C[C@@H](C)CC(=O)OC(C)(C)C. The van der Waals surface area contributed by atoms with Crippen LogP contribution in [-0.4, -0.2) is 26.0 Å². The van der Waals surface area contributed by atoms with E-state index in [1.807, 2.05) is 20.8 Å². The Morgan fingerprint density at radius 1 is 0.960 bits per heavy atom. The normalized spacial score (nSPS) is 16.6. The van der Waals surface area contributed by atoms with Gasteiger partial charge in [0.05, 0.1) is 0 Å². The molecule has 0 N–H and O–H groups in total. The quantitative estimate of drug-likeness (QED) is 0.310. The lowest BCUT2D eigenvalue weighted by Crippen LogP contribution is -2.44. The van der Waals surface area contributed by atoms with Crippen molar-refractivity contribution in [1.29, 1.82) is 0 Å². The van der Waals surface area contributed by atoms with Gasteiger partial charge in [-0.05, 0) is 63.1 Å². The van der Waals surface area contributed by atoms with Gasteiger partial charge in [-0.2, -0.15) is 0 Å². The van der Waals surface area contributed by atoms with Crippen LogP contribution in [-0.2, 0) is 14.0 Å². The molecule has 3 nitrogen and oxygen atoms in total. The molecule has 0 spiro atoms. The second-order valence-corrected chi connectivity index (χ2v) is 13.9. The van der Waals surface area contributed by atoms with Gasteiger partial charge in [0.15, 0.2) is 8.32 Å². The molecule has 0 aromatic heterocycles. The number of rotatable bonds is 11. The summed E-state index contributed by atoms with van der Waals surface area (Å²) in [5.74, 6) is 1.18. The third-order valence-corrected chi connectivity index (χ3v) is 9.88. The van der Waals surface area contributed by atoms with Gasteiger partial charge in [0.2, 0.25) is 0 Å². The van der Waals surface area contributed by atoms with Crippen molar-refractivity contribution in [1.82, 2.24) is 0 Å². The van der Waals surface area contributed by atoms with Crippen molar-refractivity contribution in [3.8, 4) is 0 Å². The number of carbonyl (C=O) groups is 1. The minimum absolute atomic E-state index is 0.0892. The van der Waals surface area contributed by atoms with Crippen LogP contribution in [0.1, 0.15) is 82.1 Å². The Kier molecular flexibility index (Phi) is 10.6. The summed E-state index contributed by atoms with van der Waals surface area (Å²) in [5, 5.41) is 0. The largest absolute Gasteiger partial charge is 0.460 e. The van der Waals surface area contributed by atoms with Crippen molar-refractivity contribution in [2.24, 2.45) is 17.8 Å². The lowest BCUT2D eigenvalue weighted by atomic mass is 9.86. The Balaban J connectivity index is 4.84. The molecule has 0 amide bonds. The average Bonchev–Trinajstić information content (AvgIpc) is 2.46. The first-order valence-electron chi connectivity index (χ1n) is 10.3. The highest BCUT2D eigenvalue weighted by Gasteiger charge is 2.35. The first kappa shape index (κ1) is 24.6. The van der Waals surface area contributed by atoms with Gasteiger partial charge in [-0.15, -0.1) is 0 Å². The van der Waals surface area contributed by atoms with Gasteiger partial charge in [0.1, 0.15) is 5.60 Å². The van der Waals surface area contributed by atoms with E-state index < -0.39 is 13.9 Å². The zero-order valence-electron chi connectivity index (χ0n) is 18.6. The number of hydrogen-bond acceptors (Lipinski definition) is 3. The van der Waals surface area contributed by atoms with Crippen LogP contribution in [0.25, 0.3) is 0 Å². The maximum Gasteiger partial charge on any atom is 0.306 e. The van der Waals surface area contributed by atoms with Crippen molar-refractivity contribution < 1.29 is 14.0 Å². The van der Waals surface area contributed by atoms with Crippen LogP contribution in [0.2, 0.25) is 18.1 Å². The van der Waals surface area contributed by atoms with Crippen LogP contribution in [0.5, 0.6) is 0 Å². The van der Waals surface area contributed by atoms with Crippen molar-refractivity contribution >= 4 is 14.3 Å². The minimum Gasteiger partial charge on any atom is -0.460 e. The minimum atomic E-state index is -1.61. The van der Waals surface area contributed by atoms with E-state index >= 15 is 0 Å². The monoisotopic (exact) mass is 372 g/mol. The predicted octanol–water partition coefficient (Wildman–Crippen LogP) is 6.43. The molecule has 25 heavy (non-hydrogen) atoms. The molecule has 0 aromatic carbocycles.